The number of carbonyl (C=O) groups excluding carboxylic acids is 2. The minimum absolute atomic E-state index is 0.00173. The van der Waals surface area contributed by atoms with Gasteiger partial charge < -0.3 is 24.4 Å². The van der Waals surface area contributed by atoms with Crippen molar-refractivity contribution in [1.82, 2.24) is 10.0 Å². The first kappa shape index (κ1) is 34.7. The molecule has 2 aliphatic heterocycles. The predicted molar refractivity (Wildman–Crippen MR) is 187 cm³/mol. The van der Waals surface area contributed by atoms with Gasteiger partial charge in [0.05, 0.1) is 23.3 Å². The normalized spacial score (nSPS) is 28.5. The number of nitrogens with one attached hydrogen (secondary N) is 2. The van der Waals surface area contributed by atoms with Gasteiger partial charge in [0.1, 0.15) is 18.0 Å². The second-order valence-corrected chi connectivity index (χ2v) is 16.2. The predicted octanol–water partition coefficient (Wildman–Crippen LogP) is 6.59. The molecule has 4 aliphatic rings. The number of hydrogen-bond acceptors (Lipinski definition) is 7. The molecule has 2 aromatic carbocycles. The fraction of sp³-hybridized carbons (Fsp3) is 0.556. The lowest BCUT2D eigenvalue weighted by molar-refractivity contribution is -0.137. The third-order valence-electron chi connectivity index (χ3n) is 10.2. The van der Waals surface area contributed by atoms with Gasteiger partial charge in [0.2, 0.25) is 0 Å². The highest BCUT2D eigenvalue weighted by Gasteiger charge is 2.38. The zero-order chi connectivity index (χ0) is 33.9. The van der Waals surface area contributed by atoms with Crippen LogP contribution in [0.5, 0.6) is 5.75 Å². The van der Waals surface area contributed by atoms with Gasteiger partial charge in [-0.2, -0.15) is 0 Å². The molecule has 0 saturated heterocycles. The number of halogens is 1. The molecule has 48 heavy (non-hydrogen) atoms. The van der Waals surface area contributed by atoms with Crippen molar-refractivity contribution < 1.29 is 28.0 Å². The van der Waals surface area contributed by atoms with E-state index >= 15 is 0 Å². The summed E-state index contributed by atoms with van der Waals surface area (Å²) in [6.45, 7) is 5.15. The van der Waals surface area contributed by atoms with E-state index in [2.05, 4.69) is 19.3 Å². The van der Waals surface area contributed by atoms with Gasteiger partial charge in [-0.05, 0) is 119 Å². The van der Waals surface area contributed by atoms with Gasteiger partial charge in [-0.1, -0.05) is 29.8 Å². The Hall–Kier alpha value is -3.12. The second kappa shape index (κ2) is 14.8. The molecule has 2 fully saturated rings. The summed E-state index contributed by atoms with van der Waals surface area (Å²) in [5.41, 5.74) is 1.58. The number of carbonyl (C=O) groups is 2. The number of aryl methyl sites for hydroxylation is 1. The van der Waals surface area contributed by atoms with Crippen LogP contribution >= 0.6 is 11.6 Å². The van der Waals surface area contributed by atoms with Crippen molar-refractivity contribution in [3.05, 3.63) is 64.7 Å². The Morgan fingerprint density at radius 3 is 2.65 bits per heavy atom. The van der Waals surface area contributed by atoms with E-state index in [1.54, 1.807) is 39.2 Å². The Balaban J connectivity index is 1.45. The van der Waals surface area contributed by atoms with Crippen LogP contribution in [0.25, 0.3) is 0 Å². The number of anilines is 1. The maximum Gasteiger partial charge on any atom is 0.327 e. The minimum Gasteiger partial charge on any atom is -0.487 e. The molecule has 0 spiro atoms. The minimum atomic E-state index is -3.79. The average Bonchev–Trinajstić information content (AvgIpc) is 3.05. The number of hydrogen-bond donors (Lipinski definition) is 2. The van der Waals surface area contributed by atoms with Crippen LogP contribution in [0.1, 0.15) is 69.9 Å². The van der Waals surface area contributed by atoms with E-state index in [0.29, 0.717) is 29.2 Å². The molecule has 260 valence electrons. The van der Waals surface area contributed by atoms with Crippen molar-refractivity contribution in [2.75, 3.05) is 31.7 Å². The maximum absolute atomic E-state index is 14.9. The Morgan fingerprint density at radius 2 is 1.92 bits per heavy atom. The van der Waals surface area contributed by atoms with E-state index in [9.17, 15) is 13.8 Å². The lowest BCUT2D eigenvalue weighted by atomic mass is 9.70. The zero-order valence-corrected chi connectivity index (χ0v) is 29.6. The lowest BCUT2D eigenvalue weighted by Crippen LogP contribution is -2.47. The fourth-order valence-electron chi connectivity index (χ4n) is 6.79. The van der Waals surface area contributed by atoms with E-state index in [0.717, 1.165) is 75.7 Å². The largest absolute Gasteiger partial charge is 0.487 e. The molecule has 0 radical (unpaired) electrons. The number of nitrogens with zero attached hydrogens (tertiary/aromatic N) is 2. The van der Waals surface area contributed by atoms with E-state index < -0.39 is 27.5 Å². The number of fused-ring (bicyclic) bond motifs is 3. The molecule has 0 aromatic heterocycles. The Bertz CT molecular complexity index is 1670. The van der Waals surface area contributed by atoms with Crippen molar-refractivity contribution in [2.24, 2.45) is 16.2 Å². The molecule has 10 nitrogen and oxygen atoms in total. The summed E-state index contributed by atoms with van der Waals surface area (Å²) in [5.74, 6) is 0.545. The molecule has 3 amide bonds. The highest BCUT2D eigenvalue weighted by atomic mass is 35.5. The molecule has 2 aliphatic carbocycles. The monoisotopic (exact) mass is 698 g/mol. The Labute approximate surface area is 289 Å². The van der Waals surface area contributed by atoms with Crippen LogP contribution in [-0.2, 0) is 37.2 Å². The Morgan fingerprint density at radius 1 is 1.08 bits per heavy atom. The first-order chi connectivity index (χ1) is 23.0. The standard InChI is InChI=1S/C36H47ClN4O6S/c1-36(2)34(42)39-48(44,40-35(43)38-28-9-6-10-28)29-15-17-33-31(21-29)41(22-25-13-16-30(25)32(45-3)11-7-19-47-36)18-5-4-8-24-20-27(37)14-12-26(24)23-46-33/h7,11-12,14-15,17,20-21,25,28,30,32H,4-6,8-10,13,16,18-19,22-23H2,1-3H3,(H2,38,39,40,42,43,44)/b11-7+/t25-,30+,32-,48+/m0/s1. The van der Waals surface area contributed by atoms with E-state index in [1.807, 2.05) is 30.4 Å². The van der Waals surface area contributed by atoms with Crippen LogP contribution in [0.2, 0.25) is 5.02 Å². The highest BCUT2D eigenvalue weighted by Crippen LogP contribution is 2.42. The van der Waals surface area contributed by atoms with Crippen LogP contribution in [0.3, 0.4) is 0 Å². The molecule has 6 rings (SSSR count). The van der Waals surface area contributed by atoms with Gasteiger partial charge in [0.15, 0.2) is 9.92 Å². The van der Waals surface area contributed by atoms with Gasteiger partial charge in [-0.3, -0.25) is 4.79 Å². The van der Waals surface area contributed by atoms with E-state index in [-0.39, 0.29) is 23.6 Å². The number of ether oxygens (including phenoxy) is 3. The molecule has 2 bridgehead atoms. The van der Waals surface area contributed by atoms with Gasteiger partial charge >= 0.3 is 6.03 Å². The highest BCUT2D eigenvalue weighted by molar-refractivity contribution is 7.92. The van der Waals surface area contributed by atoms with Crippen LogP contribution in [0, 0.1) is 11.8 Å². The first-order valence-electron chi connectivity index (χ1n) is 17.1. The van der Waals surface area contributed by atoms with Crippen molar-refractivity contribution in [3.63, 3.8) is 0 Å². The summed E-state index contributed by atoms with van der Waals surface area (Å²) in [4.78, 5) is 29.4. The quantitative estimate of drug-likeness (QED) is 0.348. The summed E-state index contributed by atoms with van der Waals surface area (Å²) in [6, 6.07) is 10.5. The molecular formula is C36H47ClN4O6S. The van der Waals surface area contributed by atoms with Crippen molar-refractivity contribution in [2.45, 2.75) is 94.5 Å². The molecule has 2 N–H and O–H groups in total. The zero-order valence-electron chi connectivity index (χ0n) is 28.0. The summed E-state index contributed by atoms with van der Waals surface area (Å²) in [7, 11) is -2.06. The summed E-state index contributed by atoms with van der Waals surface area (Å²) >= 11 is 6.37. The number of methoxy groups -OCH3 is 1. The molecular weight excluding hydrogens is 652 g/mol. The van der Waals surface area contributed by atoms with E-state index in [4.69, 9.17) is 25.8 Å². The molecule has 2 saturated carbocycles. The average molecular weight is 699 g/mol. The third-order valence-corrected chi connectivity index (χ3v) is 12.2. The molecule has 2 aromatic rings. The molecule has 12 heteroatoms. The summed E-state index contributed by atoms with van der Waals surface area (Å²) in [6.07, 6.45) is 11.4. The van der Waals surface area contributed by atoms with Gasteiger partial charge in [0, 0.05) is 31.3 Å². The number of urea groups is 1. The van der Waals surface area contributed by atoms with Crippen LogP contribution in [0.15, 0.2) is 57.8 Å². The lowest BCUT2D eigenvalue weighted by Gasteiger charge is -2.43. The first-order valence-corrected chi connectivity index (χ1v) is 19.0. The van der Waals surface area contributed by atoms with Gasteiger partial charge in [-0.15, -0.1) is 4.36 Å². The SMILES string of the molecule is CO[C@H]1/C=C/COC(C)(C)C(=O)N=[S@@](=O)(NC(=O)NC2CCC2)c2ccc3c(c2)N(CCCCc2cc(Cl)ccc2CO3)C[C@@H]2CC[C@H]21. The summed E-state index contributed by atoms with van der Waals surface area (Å²) in [5, 5.41) is 3.58. The topological polar surface area (TPSA) is 119 Å². The van der Waals surface area contributed by atoms with Gasteiger partial charge in [-0.25, -0.2) is 13.7 Å². The van der Waals surface area contributed by atoms with E-state index in [1.165, 1.54) is 5.56 Å². The number of benzene rings is 2. The van der Waals surface area contributed by atoms with Crippen LogP contribution in [0.4, 0.5) is 10.5 Å². The van der Waals surface area contributed by atoms with Crippen LogP contribution < -0.4 is 19.7 Å². The van der Waals surface area contributed by atoms with Crippen molar-refractivity contribution in [1.29, 1.82) is 0 Å². The second-order valence-electron chi connectivity index (χ2n) is 13.8. The molecule has 2 heterocycles. The number of amides is 3. The van der Waals surface area contributed by atoms with Crippen molar-refractivity contribution in [3.8, 4) is 5.75 Å². The van der Waals surface area contributed by atoms with Gasteiger partial charge in [0.25, 0.3) is 5.91 Å². The van der Waals surface area contributed by atoms with Crippen molar-refractivity contribution >= 4 is 39.1 Å². The third kappa shape index (κ3) is 7.85. The Kier molecular flexibility index (Phi) is 10.7. The van der Waals surface area contributed by atoms with Crippen LogP contribution in [-0.4, -0.2) is 60.7 Å². The summed E-state index contributed by atoms with van der Waals surface area (Å²) < 4.78 is 40.1. The smallest absolute Gasteiger partial charge is 0.327 e. The molecule has 4 atom stereocenters. The maximum atomic E-state index is 14.9. The number of rotatable bonds is 3. The fourth-order valence-corrected chi connectivity index (χ4v) is 8.54. The molecule has 0 unspecified atom stereocenters.